The van der Waals surface area contributed by atoms with Gasteiger partial charge in [0.2, 0.25) is 0 Å². The van der Waals surface area contributed by atoms with E-state index in [-0.39, 0.29) is 6.54 Å². The van der Waals surface area contributed by atoms with Gasteiger partial charge in [-0.25, -0.2) is 8.78 Å². The van der Waals surface area contributed by atoms with Gasteiger partial charge in [0.05, 0.1) is 5.56 Å². The molecule has 0 radical (unpaired) electrons. The minimum Gasteiger partial charge on any atom is -0.320 e. The van der Waals surface area contributed by atoms with Gasteiger partial charge >= 0.3 is 6.18 Å². The fourth-order valence-corrected chi connectivity index (χ4v) is 1.47. The monoisotopic (exact) mass is 253 g/mol. The lowest BCUT2D eigenvalue weighted by Gasteiger charge is -2.21. The third-order valence-electron chi connectivity index (χ3n) is 2.32. The van der Waals surface area contributed by atoms with Gasteiger partial charge in [0.1, 0.15) is 0 Å². The second-order valence-electron chi connectivity index (χ2n) is 3.60. The predicted molar refractivity (Wildman–Crippen MR) is 53.9 cm³/mol. The Hall–Kier alpha value is -1.17. The van der Waals surface area contributed by atoms with Crippen LogP contribution in [0.4, 0.5) is 22.0 Å². The summed E-state index contributed by atoms with van der Waals surface area (Å²) in [5, 5.41) is 2.49. The van der Waals surface area contributed by atoms with E-state index in [1.165, 1.54) is 13.1 Å². The van der Waals surface area contributed by atoms with Crippen LogP contribution in [-0.4, -0.2) is 13.6 Å². The topological polar surface area (TPSA) is 12.0 Å². The second kappa shape index (κ2) is 5.00. The standard InChI is InChI=1S/C11H12F5N/c1-17-7-6-10(12,13)8-4-2-3-5-9(8)11(14,15)16/h2-5,17H,6-7H2,1H3. The third kappa shape index (κ3) is 3.39. The summed E-state index contributed by atoms with van der Waals surface area (Å²) in [5.41, 5.74) is -2.25. The van der Waals surface area contributed by atoms with Crippen molar-refractivity contribution < 1.29 is 22.0 Å². The first-order valence-electron chi connectivity index (χ1n) is 4.98. The SMILES string of the molecule is CNCCC(F)(F)c1ccccc1C(F)(F)F. The predicted octanol–water partition coefficient (Wildman–Crippen LogP) is 3.41. The van der Waals surface area contributed by atoms with Crippen LogP contribution >= 0.6 is 0 Å². The molecule has 0 heterocycles. The molecule has 1 rings (SSSR count). The van der Waals surface area contributed by atoms with E-state index in [0.29, 0.717) is 6.07 Å². The van der Waals surface area contributed by atoms with Crippen molar-refractivity contribution in [3.8, 4) is 0 Å². The van der Waals surface area contributed by atoms with Gasteiger partial charge in [-0.3, -0.25) is 0 Å². The van der Waals surface area contributed by atoms with Gasteiger partial charge in [-0.2, -0.15) is 13.2 Å². The van der Waals surface area contributed by atoms with Gasteiger partial charge in [-0.1, -0.05) is 18.2 Å². The number of nitrogens with one attached hydrogen (secondary N) is 1. The minimum atomic E-state index is -4.76. The molecule has 6 heteroatoms. The zero-order chi connectivity index (χ0) is 13.1. The number of rotatable bonds is 4. The molecule has 17 heavy (non-hydrogen) atoms. The van der Waals surface area contributed by atoms with Crippen molar-refractivity contribution in [3.63, 3.8) is 0 Å². The van der Waals surface area contributed by atoms with E-state index < -0.39 is 29.6 Å². The molecule has 0 amide bonds. The molecule has 1 aromatic carbocycles. The lowest BCUT2D eigenvalue weighted by Crippen LogP contribution is -2.24. The molecule has 1 nitrogen and oxygen atoms in total. The summed E-state index contributed by atoms with van der Waals surface area (Å²) in [5.74, 6) is -3.49. The van der Waals surface area contributed by atoms with Crippen molar-refractivity contribution in [2.75, 3.05) is 13.6 Å². The summed E-state index contributed by atoms with van der Waals surface area (Å²) >= 11 is 0. The highest BCUT2D eigenvalue weighted by Gasteiger charge is 2.41. The van der Waals surface area contributed by atoms with Crippen molar-refractivity contribution in [1.82, 2.24) is 5.32 Å². The summed E-state index contributed by atoms with van der Waals surface area (Å²) in [6, 6.07) is 3.76. The van der Waals surface area contributed by atoms with Gasteiger partial charge in [0, 0.05) is 18.5 Å². The molecule has 0 spiro atoms. The van der Waals surface area contributed by atoms with Crippen molar-refractivity contribution in [2.45, 2.75) is 18.5 Å². The molecule has 0 aromatic heterocycles. The summed E-state index contributed by atoms with van der Waals surface area (Å²) in [7, 11) is 1.46. The average Bonchev–Trinajstić information content (AvgIpc) is 2.25. The number of benzene rings is 1. The molecule has 0 aliphatic heterocycles. The first-order valence-corrected chi connectivity index (χ1v) is 4.98. The maximum absolute atomic E-state index is 13.6. The molecule has 0 saturated heterocycles. The smallest absolute Gasteiger partial charge is 0.320 e. The molecule has 1 aromatic rings. The fourth-order valence-electron chi connectivity index (χ4n) is 1.47. The highest BCUT2D eigenvalue weighted by molar-refractivity contribution is 5.33. The first-order chi connectivity index (χ1) is 7.79. The Morgan fingerprint density at radius 3 is 2.00 bits per heavy atom. The lowest BCUT2D eigenvalue weighted by atomic mass is 9.99. The highest BCUT2D eigenvalue weighted by Crippen LogP contribution is 2.40. The molecule has 0 unspecified atom stereocenters. The van der Waals surface area contributed by atoms with Crippen LogP contribution in [0.2, 0.25) is 0 Å². The Bertz CT molecular complexity index is 372. The number of hydrogen-bond donors (Lipinski definition) is 1. The molecule has 0 aliphatic rings. The van der Waals surface area contributed by atoms with Crippen LogP contribution in [0, 0.1) is 0 Å². The summed E-state index contributed by atoms with van der Waals surface area (Å²) in [6.07, 6.45) is -5.43. The van der Waals surface area contributed by atoms with Gasteiger partial charge in [-0.05, 0) is 13.1 Å². The number of hydrogen-bond acceptors (Lipinski definition) is 1. The first kappa shape index (κ1) is 13.9. The van der Waals surface area contributed by atoms with Crippen LogP contribution in [0.1, 0.15) is 17.5 Å². The van der Waals surface area contributed by atoms with Crippen LogP contribution in [0.15, 0.2) is 24.3 Å². The Morgan fingerprint density at radius 1 is 1.00 bits per heavy atom. The van der Waals surface area contributed by atoms with Gasteiger partial charge in [-0.15, -0.1) is 0 Å². The third-order valence-corrected chi connectivity index (χ3v) is 2.32. The van der Waals surface area contributed by atoms with Crippen LogP contribution < -0.4 is 5.32 Å². The van der Waals surface area contributed by atoms with E-state index >= 15 is 0 Å². The quantitative estimate of drug-likeness (QED) is 0.811. The molecule has 0 fully saturated rings. The van der Waals surface area contributed by atoms with E-state index in [1.807, 2.05) is 0 Å². The summed E-state index contributed by atoms with van der Waals surface area (Å²) in [6.45, 7) is -0.0564. The Kier molecular flexibility index (Phi) is 4.08. The molecule has 0 saturated carbocycles. The van der Waals surface area contributed by atoms with E-state index in [1.54, 1.807) is 0 Å². The summed E-state index contributed by atoms with van der Waals surface area (Å²) in [4.78, 5) is 0. The second-order valence-corrected chi connectivity index (χ2v) is 3.60. The minimum absolute atomic E-state index is 0.0564. The number of alkyl halides is 5. The average molecular weight is 253 g/mol. The van der Waals surface area contributed by atoms with Crippen LogP contribution in [0.3, 0.4) is 0 Å². The maximum Gasteiger partial charge on any atom is 0.416 e. The Morgan fingerprint density at radius 2 is 1.53 bits per heavy atom. The normalized spacial score (nSPS) is 12.8. The molecule has 0 atom stereocenters. The zero-order valence-corrected chi connectivity index (χ0v) is 9.11. The van der Waals surface area contributed by atoms with Gasteiger partial charge < -0.3 is 5.32 Å². The molecular formula is C11H12F5N. The van der Waals surface area contributed by atoms with E-state index in [0.717, 1.165) is 12.1 Å². The van der Waals surface area contributed by atoms with Crippen LogP contribution in [0.5, 0.6) is 0 Å². The van der Waals surface area contributed by atoms with E-state index in [4.69, 9.17) is 0 Å². The van der Waals surface area contributed by atoms with Crippen molar-refractivity contribution >= 4 is 0 Å². The number of halogens is 5. The van der Waals surface area contributed by atoms with Crippen LogP contribution in [0.25, 0.3) is 0 Å². The van der Waals surface area contributed by atoms with Crippen molar-refractivity contribution in [1.29, 1.82) is 0 Å². The maximum atomic E-state index is 13.6. The molecule has 0 bridgehead atoms. The molecular weight excluding hydrogens is 241 g/mol. The summed E-state index contributed by atoms with van der Waals surface area (Å²) < 4.78 is 64.8. The van der Waals surface area contributed by atoms with Crippen molar-refractivity contribution in [3.05, 3.63) is 35.4 Å². The Balaban J connectivity index is 3.13. The van der Waals surface area contributed by atoms with Gasteiger partial charge in [0.15, 0.2) is 0 Å². The van der Waals surface area contributed by atoms with Gasteiger partial charge in [0.25, 0.3) is 5.92 Å². The van der Waals surface area contributed by atoms with E-state index in [2.05, 4.69) is 5.32 Å². The fraction of sp³-hybridized carbons (Fsp3) is 0.455. The van der Waals surface area contributed by atoms with Crippen molar-refractivity contribution in [2.24, 2.45) is 0 Å². The lowest BCUT2D eigenvalue weighted by molar-refractivity contribution is -0.142. The Labute approximate surface area is 95.6 Å². The largest absolute Gasteiger partial charge is 0.416 e. The highest BCUT2D eigenvalue weighted by atomic mass is 19.4. The molecule has 1 N–H and O–H groups in total. The molecule has 96 valence electrons. The van der Waals surface area contributed by atoms with E-state index in [9.17, 15) is 22.0 Å². The zero-order valence-electron chi connectivity index (χ0n) is 9.11. The molecule has 0 aliphatic carbocycles. The van der Waals surface area contributed by atoms with Crippen LogP contribution in [-0.2, 0) is 12.1 Å².